The van der Waals surface area contributed by atoms with Crippen LogP contribution in [0.4, 0.5) is 0 Å². The van der Waals surface area contributed by atoms with E-state index in [4.69, 9.17) is 11.6 Å². The Kier molecular flexibility index (Phi) is 3.80. The zero-order valence-corrected chi connectivity index (χ0v) is 11.7. The molecule has 2 aromatic rings. The molecule has 0 radical (unpaired) electrons. The predicted molar refractivity (Wildman–Crippen MR) is 70.9 cm³/mol. The van der Waals surface area contributed by atoms with Gasteiger partial charge in [-0.1, -0.05) is 11.6 Å². The van der Waals surface area contributed by atoms with Gasteiger partial charge in [0.1, 0.15) is 11.0 Å². The van der Waals surface area contributed by atoms with Crippen molar-refractivity contribution in [3.05, 3.63) is 40.2 Å². The molecule has 0 atom stereocenters. The molecule has 0 aromatic carbocycles. The van der Waals surface area contributed by atoms with Crippen molar-refractivity contribution >= 4 is 17.5 Å². The van der Waals surface area contributed by atoms with Gasteiger partial charge in [0.05, 0.1) is 6.54 Å². The molecular weight excluding hydrogens is 266 g/mol. The molecule has 0 unspecified atom stereocenters. The van der Waals surface area contributed by atoms with Crippen molar-refractivity contribution in [2.45, 2.75) is 20.4 Å². The van der Waals surface area contributed by atoms with E-state index < -0.39 is 0 Å². The summed E-state index contributed by atoms with van der Waals surface area (Å²) < 4.78 is 0. The van der Waals surface area contributed by atoms with Crippen molar-refractivity contribution < 1.29 is 4.79 Å². The van der Waals surface area contributed by atoms with Crippen LogP contribution in [0.5, 0.6) is 0 Å². The van der Waals surface area contributed by atoms with Crippen LogP contribution in [-0.2, 0) is 6.54 Å². The summed E-state index contributed by atoms with van der Waals surface area (Å²) in [5, 5.41) is 7.05. The van der Waals surface area contributed by atoms with Gasteiger partial charge in [0.25, 0.3) is 5.91 Å². The van der Waals surface area contributed by atoms with E-state index in [1.807, 2.05) is 6.92 Å². The summed E-state index contributed by atoms with van der Waals surface area (Å²) in [7, 11) is 1.69. The Labute approximate surface area is 115 Å². The van der Waals surface area contributed by atoms with Crippen LogP contribution >= 0.6 is 11.6 Å². The minimum absolute atomic E-state index is 0.144. The lowest BCUT2D eigenvalue weighted by molar-refractivity contribution is 0.0781. The number of hydrogen-bond donors (Lipinski definition) is 1. The third-order valence-electron chi connectivity index (χ3n) is 2.54. The number of carbonyl (C=O) groups excluding carboxylic acids is 1. The van der Waals surface area contributed by atoms with Crippen LogP contribution in [0, 0.1) is 13.8 Å². The Morgan fingerprint density at radius 3 is 2.68 bits per heavy atom. The number of aromatic nitrogens is 4. The summed E-state index contributed by atoms with van der Waals surface area (Å²) in [5.41, 5.74) is 1.21. The van der Waals surface area contributed by atoms with Crippen molar-refractivity contribution in [1.29, 1.82) is 0 Å². The molecule has 19 heavy (non-hydrogen) atoms. The molecule has 100 valence electrons. The largest absolute Gasteiger partial charge is 0.334 e. The molecule has 0 saturated carbocycles. The summed E-state index contributed by atoms with van der Waals surface area (Å²) in [6.45, 7) is 3.94. The standard InChI is InChI=1S/C12H14ClN5O/c1-7-4-9(5-10(13)14-7)12(19)18(3)6-11-15-8(2)16-17-11/h4-5H,6H2,1-3H3,(H,15,16,17). The summed E-state index contributed by atoms with van der Waals surface area (Å²) in [4.78, 5) is 22.0. The fourth-order valence-corrected chi connectivity index (χ4v) is 1.97. The quantitative estimate of drug-likeness (QED) is 0.869. The Morgan fingerprint density at radius 1 is 1.37 bits per heavy atom. The number of H-pyrrole nitrogens is 1. The highest BCUT2D eigenvalue weighted by Crippen LogP contribution is 2.13. The van der Waals surface area contributed by atoms with E-state index in [0.29, 0.717) is 28.8 Å². The molecule has 7 heteroatoms. The SMILES string of the molecule is Cc1cc(C(=O)N(C)Cc2n[nH]c(C)n2)cc(Cl)n1. The van der Waals surface area contributed by atoms with Crippen LogP contribution in [0.1, 0.15) is 27.7 Å². The highest BCUT2D eigenvalue weighted by molar-refractivity contribution is 6.29. The van der Waals surface area contributed by atoms with Crippen LogP contribution in [0.2, 0.25) is 5.15 Å². The maximum Gasteiger partial charge on any atom is 0.254 e. The number of rotatable bonds is 3. The predicted octanol–water partition coefficient (Wildman–Crippen LogP) is 1.74. The number of hydrogen-bond acceptors (Lipinski definition) is 4. The first-order valence-corrected chi connectivity index (χ1v) is 6.11. The molecule has 2 heterocycles. The van der Waals surface area contributed by atoms with Crippen molar-refractivity contribution in [1.82, 2.24) is 25.1 Å². The van der Waals surface area contributed by atoms with Gasteiger partial charge in [-0.2, -0.15) is 5.10 Å². The highest BCUT2D eigenvalue weighted by atomic mass is 35.5. The number of nitrogens with zero attached hydrogens (tertiary/aromatic N) is 4. The topological polar surface area (TPSA) is 74.8 Å². The minimum atomic E-state index is -0.144. The second-order valence-electron chi connectivity index (χ2n) is 4.32. The Bertz CT molecular complexity index is 590. The van der Waals surface area contributed by atoms with Crippen molar-refractivity contribution in [2.24, 2.45) is 0 Å². The van der Waals surface area contributed by atoms with Crippen molar-refractivity contribution in [3.8, 4) is 0 Å². The Hall–Kier alpha value is -1.95. The second kappa shape index (κ2) is 5.36. The third-order valence-corrected chi connectivity index (χ3v) is 2.73. The smallest absolute Gasteiger partial charge is 0.254 e. The van der Waals surface area contributed by atoms with Crippen molar-refractivity contribution in [3.63, 3.8) is 0 Å². The van der Waals surface area contributed by atoms with Gasteiger partial charge >= 0.3 is 0 Å². The molecule has 6 nitrogen and oxygen atoms in total. The first kappa shape index (κ1) is 13.5. The van der Waals surface area contributed by atoms with Gasteiger partial charge in [0, 0.05) is 18.3 Å². The number of halogens is 1. The molecular formula is C12H14ClN5O. The number of nitrogens with one attached hydrogen (secondary N) is 1. The molecule has 2 aromatic heterocycles. The van der Waals surface area contributed by atoms with Gasteiger partial charge in [-0.3, -0.25) is 9.89 Å². The van der Waals surface area contributed by atoms with Crippen LogP contribution in [0.15, 0.2) is 12.1 Å². The molecule has 0 aliphatic heterocycles. The Morgan fingerprint density at radius 2 is 2.11 bits per heavy atom. The molecule has 0 saturated heterocycles. The normalized spacial score (nSPS) is 10.5. The van der Waals surface area contributed by atoms with Gasteiger partial charge in [0.15, 0.2) is 5.82 Å². The maximum absolute atomic E-state index is 12.2. The van der Waals surface area contributed by atoms with Crippen LogP contribution in [0.3, 0.4) is 0 Å². The molecule has 1 N–H and O–H groups in total. The maximum atomic E-state index is 12.2. The van der Waals surface area contributed by atoms with E-state index in [9.17, 15) is 4.79 Å². The number of aryl methyl sites for hydroxylation is 2. The summed E-state index contributed by atoms with van der Waals surface area (Å²) in [6, 6.07) is 3.25. The second-order valence-corrected chi connectivity index (χ2v) is 4.71. The lowest BCUT2D eigenvalue weighted by atomic mass is 10.2. The van der Waals surface area contributed by atoms with Gasteiger partial charge in [-0.05, 0) is 26.0 Å². The average Bonchev–Trinajstić information content (AvgIpc) is 2.72. The molecule has 0 aliphatic rings. The van der Waals surface area contributed by atoms with E-state index in [2.05, 4.69) is 20.2 Å². The average molecular weight is 280 g/mol. The van der Waals surface area contributed by atoms with Crippen LogP contribution < -0.4 is 0 Å². The zero-order valence-electron chi connectivity index (χ0n) is 10.9. The van der Waals surface area contributed by atoms with Crippen LogP contribution in [-0.4, -0.2) is 38.0 Å². The molecule has 2 rings (SSSR count). The van der Waals surface area contributed by atoms with Gasteiger partial charge < -0.3 is 4.90 Å². The van der Waals surface area contributed by atoms with Gasteiger partial charge in [-0.25, -0.2) is 9.97 Å². The highest BCUT2D eigenvalue weighted by Gasteiger charge is 2.15. The summed E-state index contributed by atoms with van der Waals surface area (Å²) >= 11 is 5.85. The number of carbonyl (C=O) groups is 1. The van der Waals surface area contributed by atoms with Crippen LogP contribution in [0.25, 0.3) is 0 Å². The molecule has 0 spiro atoms. The lowest BCUT2D eigenvalue weighted by Gasteiger charge is -2.15. The molecule has 1 amide bonds. The molecule has 0 bridgehead atoms. The van der Waals surface area contributed by atoms with E-state index in [1.165, 1.54) is 4.90 Å². The number of amides is 1. The van der Waals surface area contributed by atoms with Gasteiger partial charge in [-0.15, -0.1) is 0 Å². The molecule has 0 aliphatic carbocycles. The Balaban J connectivity index is 2.14. The summed E-state index contributed by atoms with van der Waals surface area (Å²) in [6.07, 6.45) is 0. The number of pyridine rings is 1. The summed E-state index contributed by atoms with van der Waals surface area (Å²) in [5.74, 6) is 1.15. The fraction of sp³-hybridized carbons (Fsp3) is 0.333. The fourth-order valence-electron chi connectivity index (χ4n) is 1.72. The number of aromatic amines is 1. The van der Waals surface area contributed by atoms with Gasteiger partial charge in [0.2, 0.25) is 0 Å². The van der Waals surface area contributed by atoms with E-state index in [0.717, 1.165) is 5.82 Å². The monoisotopic (exact) mass is 279 g/mol. The lowest BCUT2D eigenvalue weighted by Crippen LogP contribution is -2.27. The first-order valence-electron chi connectivity index (χ1n) is 5.73. The first-order chi connectivity index (χ1) is 8.95. The third kappa shape index (κ3) is 3.29. The molecule has 0 fully saturated rings. The van der Waals surface area contributed by atoms with Crippen molar-refractivity contribution in [2.75, 3.05) is 7.05 Å². The van der Waals surface area contributed by atoms with E-state index >= 15 is 0 Å². The minimum Gasteiger partial charge on any atom is -0.334 e. The zero-order chi connectivity index (χ0) is 14.0. The van der Waals surface area contributed by atoms with E-state index in [1.54, 1.807) is 26.1 Å². The van der Waals surface area contributed by atoms with E-state index in [-0.39, 0.29) is 5.91 Å².